The second kappa shape index (κ2) is 5.59. The van der Waals surface area contributed by atoms with Crippen LogP contribution < -0.4 is 10.1 Å². The molecule has 1 saturated carbocycles. The number of rotatable bonds is 4. The normalized spacial score (nSPS) is 22.5. The van der Waals surface area contributed by atoms with E-state index in [1.54, 1.807) is 0 Å². The zero-order valence-corrected chi connectivity index (χ0v) is 11.7. The van der Waals surface area contributed by atoms with E-state index in [1.807, 2.05) is 25.3 Å². The summed E-state index contributed by atoms with van der Waals surface area (Å²) >= 11 is 0. The molecule has 1 N–H and O–H groups in total. The lowest BCUT2D eigenvalue weighted by Gasteiger charge is -2.39. The highest BCUT2D eigenvalue weighted by Gasteiger charge is 2.32. The van der Waals surface area contributed by atoms with Crippen LogP contribution in [0.25, 0.3) is 0 Å². The fourth-order valence-electron chi connectivity index (χ4n) is 2.70. The van der Waals surface area contributed by atoms with Crippen LogP contribution >= 0.6 is 0 Å². The highest BCUT2D eigenvalue weighted by molar-refractivity contribution is 5.50. The van der Waals surface area contributed by atoms with Crippen LogP contribution in [-0.2, 0) is 0 Å². The number of ether oxygens (including phenoxy) is 1. The predicted octanol–water partition coefficient (Wildman–Crippen LogP) is 3.86. The fourth-order valence-corrected chi connectivity index (χ4v) is 2.70. The Bertz CT molecular complexity index is 390. The third kappa shape index (κ3) is 2.95. The summed E-state index contributed by atoms with van der Waals surface area (Å²) in [6, 6.07) is 4.39. The van der Waals surface area contributed by atoms with Gasteiger partial charge in [-0.1, -0.05) is 26.7 Å². The van der Waals surface area contributed by atoms with E-state index in [0.29, 0.717) is 18.1 Å². The van der Waals surface area contributed by atoms with E-state index in [1.165, 1.54) is 25.7 Å². The van der Waals surface area contributed by atoms with Gasteiger partial charge in [0.1, 0.15) is 0 Å². The van der Waals surface area contributed by atoms with Crippen molar-refractivity contribution in [3.63, 3.8) is 0 Å². The molecule has 0 radical (unpaired) electrons. The molecule has 1 unspecified atom stereocenters. The number of pyridine rings is 1. The molecular formula is C15H24N2O. The number of anilines is 1. The van der Waals surface area contributed by atoms with Crippen LogP contribution in [0.3, 0.4) is 0 Å². The van der Waals surface area contributed by atoms with E-state index in [0.717, 1.165) is 11.6 Å². The maximum absolute atomic E-state index is 5.62. The van der Waals surface area contributed by atoms with Crippen LogP contribution in [0.2, 0.25) is 0 Å². The van der Waals surface area contributed by atoms with Gasteiger partial charge in [-0.2, -0.15) is 0 Å². The largest absolute Gasteiger partial charge is 0.490 e. The van der Waals surface area contributed by atoms with Crippen LogP contribution in [-0.4, -0.2) is 17.6 Å². The van der Waals surface area contributed by atoms with Gasteiger partial charge in [0.05, 0.1) is 6.61 Å². The summed E-state index contributed by atoms with van der Waals surface area (Å²) in [4.78, 5) is 4.42. The second-order valence-corrected chi connectivity index (χ2v) is 5.71. The van der Waals surface area contributed by atoms with Crippen molar-refractivity contribution >= 4 is 5.82 Å². The summed E-state index contributed by atoms with van der Waals surface area (Å²) in [6.45, 7) is 7.36. The van der Waals surface area contributed by atoms with Crippen molar-refractivity contribution in [2.75, 3.05) is 11.9 Å². The zero-order chi connectivity index (χ0) is 13.0. The fraction of sp³-hybridized carbons (Fsp3) is 0.667. The Labute approximate surface area is 110 Å². The van der Waals surface area contributed by atoms with Gasteiger partial charge in [0.15, 0.2) is 11.6 Å². The van der Waals surface area contributed by atoms with Crippen LogP contribution in [0.5, 0.6) is 5.75 Å². The average Bonchev–Trinajstić information content (AvgIpc) is 2.34. The van der Waals surface area contributed by atoms with E-state index in [-0.39, 0.29) is 0 Å². The Hall–Kier alpha value is -1.25. The predicted molar refractivity (Wildman–Crippen MR) is 75.1 cm³/mol. The Balaban J connectivity index is 2.12. The van der Waals surface area contributed by atoms with Crippen LogP contribution in [0, 0.1) is 5.41 Å². The topological polar surface area (TPSA) is 34.1 Å². The smallest absolute Gasteiger partial charge is 0.168 e. The Kier molecular flexibility index (Phi) is 4.10. The molecular weight excluding hydrogens is 224 g/mol. The molecule has 100 valence electrons. The molecule has 3 nitrogen and oxygen atoms in total. The first-order valence-corrected chi connectivity index (χ1v) is 6.98. The molecule has 0 aromatic carbocycles. The monoisotopic (exact) mass is 248 g/mol. The molecule has 1 aromatic heterocycles. The van der Waals surface area contributed by atoms with E-state index >= 15 is 0 Å². The number of hydrogen-bond acceptors (Lipinski definition) is 3. The molecule has 18 heavy (non-hydrogen) atoms. The average molecular weight is 248 g/mol. The zero-order valence-electron chi connectivity index (χ0n) is 11.7. The molecule has 0 amide bonds. The van der Waals surface area contributed by atoms with Crippen LogP contribution in [0.4, 0.5) is 5.82 Å². The van der Waals surface area contributed by atoms with Crippen molar-refractivity contribution in [1.82, 2.24) is 4.98 Å². The molecule has 1 atom stereocenters. The number of aromatic nitrogens is 1. The molecule has 3 heteroatoms. The standard InChI is InChI=1S/C15H24N2O/c1-4-18-12-8-7-11-16-14(12)17-13-9-5-6-10-15(13,2)3/h7-8,11,13H,4-6,9-10H2,1-3H3,(H,16,17). The third-order valence-electron chi connectivity index (χ3n) is 3.89. The molecule has 0 saturated heterocycles. The first-order valence-electron chi connectivity index (χ1n) is 6.98. The number of nitrogens with zero attached hydrogens (tertiary/aromatic N) is 1. The maximum atomic E-state index is 5.62. The van der Waals surface area contributed by atoms with Gasteiger partial charge in [0.25, 0.3) is 0 Å². The minimum Gasteiger partial charge on any atom is -0.490 e. The van der Waals surface area contributed by atoms with Crippen molar-refractivity contribution in [1.29, 1.82) is 0 Å². The Morgan fingerprint density at radius 3 is 3.00 bits per heavy atom. The summed E-state index contributed by atoms with van der Waals surface area (Å²) in [6.07, 6.45) is 6.96. The lowest BCUT2D eigenvalue weighted by molar-refractivity contribution is 0.216. The summed E-state index contributed by atoms with van der Waals surface area (Å²) in [5.41, 5.74) is 0.333. The van der Waals surface area contributed by atoms with Gasteiger partial charge in [0.2, 0.25) is 0 Å². The number of nitrogens with one attached hydrogen (secondary N) is 1. The molecule has 1 aromatic rings. The molecule has 0 bridgehead atoms. The van der Waals surface area contributed by atoms with E-state index in [2.05, 4.69) is 24.1 Å². The molecule has 1 heterocycles. The summed E-state index contributed by atoms with van der Waals surface area (Å²) in [5, 5.41) is 3.59. The minimum absolute atomic E-state index is 0.333. The Morgan fingerprint density at radius 2 is 2.28 bits per heavy atom. The van der Waals surface area contributed by atoms with Crippen molar-refractivity contribution in [2.24, 2.45) is 5.41 Å². The lowest BCUT2D eigenvalue weighted by atomic mass is 9.73. The maximum Gasteiger partial charge on any atom is 0.168 e. The summed E-state index contributed by atoms with van der Waals surface area (Å²) < 4.78 is 5.62. The molecule has 1 aliphatic carbocycles. The third-order valence-corrected chi connectivity index (χ3v) is 3.89. The first-order chi connectivity index (χ1) is 8.63. The highest BCUT2D eigenvalue weighted by Crippen LogP contribution is 2.38. The van der Waals surface area contributed by atoms with Gasteiger partial charge < -0.3 is 10.1 Å². The number of hydrogen-bond donors (Lipinski definition) is 1. The van der Waals surface area contributed by atoms with Gasteiger partial charge in [-0.15, -0.1) is 0 Å². The molecule has 2 rings (SSSR count). The van der Waals surface area contributed by atoms with Crippen molar-refractivity contribution in [2.45, 2.75) is 52.5 Å². The van der Waals surface area contributed by atoms with E-state index in [4.69, 9.17) is 4.74 Å². The van der Waals surface area contributed by atoms with Gasteiger partial charge in [0, 0.05) is 12.2 Å². The Morgan fingerprint density at radius 1 is 1.44 bits per heavy atom. The van der Waals surface area contributed by atoms with Gasteiger partial charge in [-0.3, -0.25) is 0 Å². The molecule has 1 fully saturated rings. The van der Waals surface area contributed by atoms with Crippen molar-refractivity contribution in [3.05, 3.63) is 18.3 Å². The summed E-state index contributed by atoms with van der Waals surface area (Å²) in [7, 11) is 0. The van der Waals surface area contributed by atoms with Crippen molar-refractivity contribution in [3.8, 4) is 5.75 Å². The first kappa shape index (κ1) is 13.2. The molecule has 1 aliphatic rings. The van der Waals surface area contributed by atoms with Crippen LogP contribution in [0.15, 0.2) is 18.3 Å². The molecule has 0 spiro atoms. The second-order valence-electron chi connectivity index (χ2n) is 5.71. The van der Waals surface area contributed by atoms with Gasteiger partial charge in [-0.25, -0.2) is 4.98 Å². The van der Waals surface area contributed by atoms with E-state index < -0.39 is 0 Å². The lowest BCUT2D eigenvalue weighted by Crippen LogP contribution is -2.39. The van der Waals surface area contributed by atoms with Gasteiger partial charge in [-0.05, 0) is 37.3 Å². The minimum atomic E-state index is 0.333. The van der Waals surface area contributed by atoms with E-state index in [9.17, 15) is 0 Å². The SMILES string of the molecule is CCOc1cccnc1NC1CCCCC1(C)C. The van der Waals surface area contributed by atoms with Crippen LogP contribution in [0.1, 0.15) is 46.5 Å². The quantitative estimate of drug-likeness (QED) is 0.878. The highest BCUT2D eigenvalue weighted by atomic mass is 16.5. The van der Waals surface area contributed by atoms with Crippen molar-refractivity contribution < 1.29 is 4.74 Å². The molecule has 0 aliphatic heterocycles. The summed E-state index contributed by atoms with van der Waals surface area (Å²) in [5.74, 6) is 1.75. The van der Waals surface area contributed by atoms with Gasteiger partial charge >= 0.3 is 0 Å².